The summed E-state index contributed by atoms with van der Waals surface area (Å²) in [6.45, 7) is -0.292. The van der Waals surface area contributed by atoms with Gasteiger partial charge in [-0.1, -0.05) is 42.5 Å². The Morgan fingerprint density at radius 2 is 1.73 bits per heavy atom. The van der Waals surface area contributed by atoms with Gasteiger partial charge in [-0.25, -0.2) is 0 Å². The zero-order valence-corrected chi connectivity index (χ0v) is 20.0. The lowest BCUT2D eigenvalue weighted by molar-refractivity contribution is -0.297. The molecule has 7 atom stereocenters. The maximum atomic E-state index is 13.3. The number of rotatable bonds is 9. The number of aromatic hydroxyl groups is 1. The molecule has 12 heteroatoms. The summed E-state index contributed by atoms with van der Waals surface area (Å²) in [6, 6.07) is 11.2. The lowest BCUT2D eigenvalue weighted by Crippen LogP contribution is -2.74. The van der Waals surface area contributed by atoms with Crippen LogP contribution in [0.4, 0.5) is 0 Å². The van der Waals surface area contributed by atoms with Gasteiger partial charge >= 0.3 is 0 Å². The average molecular weight is 517 g/mol. The fourth-order valence-electron chi connectivity index (χ4n) is 4.70. The number of ether oxygens (including phenoxy) is 1. The first-order valence-corrected chi connectivity index (χ1v) is 11.9. The highest BCUT2D eigenvalue weighted by Crippen LogP contribution is 2.38. The Hall–Kier alpha value is -3.10. The fraction of sp³-hybridized carbons (Fsp3) is 0.440. The summed E-state index contributed by atoms with van der Waals surface area (Å²) >= 11 is 0. The predicted octanol–water partition coefficient (Wildman–Crippen LogP) is -2.01. The predicted molar refractivity (Wildman–Crippen MR) is 129 cm³/mol. The van der Waals surface area contributed by atoms with Crippen molar-refractivity contribution in [3.63, 3.8) is 0 Å². The molecule has 2 saturated heterocycles. The van der Waals surface area contributed by atoms with Crippen molar-refractivity contribution in [2.24, 2.45) is 5.73 Å². The summed E-state index contributed by atoms with van der Waals surface area (Å²) in [6.07, 6.45) is -4.35. The third kappa shape index (κ3) is 5.60. The first-order valence-electron chi connectivity index (χ1n) is 11.9. The summed E-state index contributed by atoms with van der Waals surface area (Å²) in [7, 11) is 0. The molecule has 200 valence electrons. The van der Waals surface area contributed by atoms with Crippen LogP contribution in [0, 0.1) is 0 Å². The molecule has 2 heterocycles. The van der Waals surface area contributed by atoms with Crippen molar-refractivity contribution in [2.75, 3.05) is 13.2 Å². The number of nitrogens with two attached hydrogens (primary N) is 1. The van der Waals surface area contributed by atoms with Crippen molar-refractivity contribution in [2.45, 2.75) is 55.0 Å². The third-order valence-corrected chi connectivity index (χ3v) is 6.88. The highest BCUT2D eigenvalue weighted by atomic mass is 16.6. The number of hydroxylamine groups is 2. The number of benzene rings is 2. The van der Waals surface area contributed by atoms with Gasteiger partial charge in [0.25, 0.3) is 0 Å². The number of amides is 2. The molecule has 2 amide bonds. The van der Waals surface area contributed by atoms with Crippen LogP contribution in [-0.2, 0) is 27.2 Å². The molecule has 0 radical (unpaired) electrons. The van der Waals surface area contributed by atoms with Gasteiger partial charge in [-0.15, -0.1) is 0 Å². The second-order valence-corrected chi connectivity index (χ2v) is 9.44. The Morgan fingerprint density at radius 1 is 1.05 bits per heavy atom. The third-order valence-electron chi connectivity index (χ3n) is 6.88. The molecule has 0 saturated carbocycles. The fourth-order valence-corrected chi connectivity index (χ4v) is 4.70. The molecule has 12 nitrogen and oxygen atoms in total. The largest absolute Gasteiger partial charge is 0.508 e. The number of hydrogen-bond acceptors (Lipinski definition) is 10. The van der Waals surface area contributed by atoms with Crippen molar-refractivity contribution in [1.29, 1.82) is 0 Å². The summed E-state index contributed by atoms with van der Waals surface area (Å²) in [5.41, 5.74) is 5.53. The average Bonchev–Trinajstić information content (AvgIpc) is 3.15. The highest BCUT2D eigenvalue weighted by molar-refractivity contribution is 5.90. The zero-order valence-electron chi connectivity index (χ0n) is 20.0. The van der Waals surface area contributed by atoms with Crippen molar-refractivity contribution in [3.05, 3.63) is 65.7 Å². The molecule has 2 fully saturated rings. The molecular weight excluding hydrogens is 484 g/mol. The highest BCUT2D eigenvalue weighted by Gasteiger charge is 2.65. The normalized spacial score (nSPS) is 28.9. The number of aliphatic hydroxyl groups excluding tert-OH is 2. The van der Waals surface area contributed by atoms with Crippen LogP contribution < -0.4 is 16.4 Å². The Balaban J connectivity index is 1.51. The Bertz CT molecular complexity index is 1090. The van der Waals surface area contributed by atoms with E-state index in [9.17, 15) is 35.2 Å². The number of carbonyl (C=O) groups is 2. The molecule has 2 aliphatic heterocycles. The minimum Gasteiger partial charge on any atom is -0.508 e. The molecular formula is C25H32N4O8. The number of piperidine rings is 1. The molecule has 0 spiro atoms. The summed E-state index contributed by atoms with van der Waals surface area (Å²) in [5.74, 6) is -1.42. The maximum absolute atomic E-state index is 13.3. The van der Waals surface area contributed by atoms with Crippen molar-refractivity contribution in [1.82, 2.24) is 15.7 Å². The van der Waals surface area contributed by atoms with Crippen LogP contribution in [0.2, 0.25) is 0 Å². The monoisotopic (exact) mass is 516 g/mol. The maximum Gasteiger partial charge on any atom is 0.244 e. The molecule has 4 rings (SSSR count). The van der Waals surface area contributed by atoms with Crippen LogP contribution in [0.25, 0.3) is 0 Å². The van der Waals surface area contributed by atoms with Gasteiger partial charge in [-0.3, -0.25) is 9.59 Å². The molecule has 2 aliphatic rings. The number of phenols is 1. The zero-order chi connectivity index (χ0) is 26.7. The van der Waals surface area contributed by atoms with Crippen LogP contribution in [0.3, 0.4) is 0 Å². The second-order valence-electron chi connectivity index (χ2n) is 9.44. The smallest absolute Gasteiger partial charge is 0.244 e. The molecule has 0 aliphatic carbocycles. The minimum absolute atomic E-state index is 0.0558. The number of aliphatic hydroxyl groups is 3. The van der Waals surface area contributed by atoms with E-state index in [2.05, 4.69) is 10.6 Å². The van der Waals surface area contributed by atoms with Crippen LogP contribution in [0.15, 0.2) is 54.6 Å². The number of hydrogen-bond donors (Lipinski definition) is 8. The van der Waals surface area contributed by atoms with E-state index in [1.807, 2.05) is 30.3 Å². The van der Waals surface area contributed by atoms with Crippen LogP contribution >= 0.6 is 0 Å². The number of carbonyl (C=O) groups excluding carboxylic acids is 2. The second kappa shape index (κ2) is 11.1. The number of fused-ring (bicyclic) bond motifs is 2. The molecule has 2 aromatic carbocycles. The van der Waals surface area contributed by atoms with Crippen molar-refractivity contribution < 1.29 is 40.0 Å². The standard InChI is InChI=1S/C25H32N4O8/c26-17(12-15-6-8-16(30)9-7-15)22(33)28-18(23(34)27-11-10-14-4-2-1-3-5-14)19-20(31)25(35)13-37-24(21(25)32)29(19)36/h1-9,17-21,24,30-32,35-36H,10-13,26H2,(H,27,34)(H,28,33)/t17-,18?,19-,20-,21-,24-,25+/m0/s1. The first-order chi connectivity index (χ1) is 17.6. The van der Waals surface area contributed by atoms with E-state index in [1.165, 1.54) is 12.1 Å². The first kappa shape index (κ1) is 26.9. The van der Waals surface area contributed by atoms with E-state index in [1.54, 1.807) is 12.1 Å². The van der Waals surface area contributed by atoms with Gasteiger partial charge < -0.3 is 46.7 Å². The van der Waals surface area contributed by atoms with Crippen molar-refractivity contribution in [3.8, 4) is 5.75 Å². The van der Waals surface area contributed by atoms with Crippen molar-refractivity contribution >= 4 is 11.8 Å². The minimum atomic E-state index is -2.16. The van der Waals surface area contributed by atoms with Gasteiger partial charge in [0.05, 0.1) is 18.7 Å². The summed E-state index contributed by atoms with van der Waals surface area (Å²) in [5, 5.41) is 57.8. The van der Waals surface area contributed by atoms with E-state index in [-0.39, 0.29) is 18.7 Å². The number of phenolic OH excluding ortho intramolecular Hbond substituents is 1. The Labute approximate surface area is 213 Å². The lowest BCUT2D eigenvalue weighted by Gasteiger charge is -2.47. The molecule has 37 heavy (non-hydrogen) atoms. The van der Waals surface area contributed by atoms with Gasteiger partial charge in [0.1, 0.15) is 29.6 Å². The molecule has 1 unspecified atom stereocenters. The number of nitrogens with one attached hydrogen (secondary N) is 2. The van der Waals surface area contributed by atoms with Gasteiger partial charge in [0.2, 0.25) is 11.8 Å². The Morgan fingerprint density at radius 3 is 2.41 bits per heavy atom. The van der Waals surface area contributed by atoms with Crippen LogP contribution in [0.5, 0.6) is 5.75 Å². The molecule has 9 N–H and O–H groups in total. The van der Waals surface area contributed by atoms with E-state index >= 15 is 0 Å². The van der Waals surface area contributed by atoms with Crippen LogP contribution in [0.1, 0.15) is 11.1 Å². The summed E-state index contributed by atoms with van der Waals surface area (Å²) in [4.78, 5) is 26.3. The Kier molecular flexibility index (Phi) is 8.09. The quantitative estimate of drug-likeness (QED) is 0.184. The summed E-state index contributed by atoms with van der Waals surface area (Å²) < 4.78 is 5.24. The van der Waals surface area contributed by atoms with Gasteiger partial charge in [0.15, 0.2) is 6.23 Å². The van der Waals surface area contributed by atoms with E-state index < -0.39 is 60.6 Å². The topological polar surface area (TPSA) is 198 Å². The van der Waals surface area contributed by atoms with E-state index in [0.29, 0.717) is 17.0 Å². The van der Waals surface area contributed by atoms with E-state index in [4.69, 9.17) is 10.5 Å². The molecule has 0 aromatic heterocycles. The SMILES string of the molecule is N[C@@H](Cc1ccc(O)cc1)C(=O)NC(C(=O)NCCc1ccccc1)[C@H]1[C@H](O)[C@]2(O)CO[C@@H]([C@@H]2O)N1O. The number of nitrogens with zero attached hydrogens (tertiary/aromatic N) is 1. The molecule has 2 aromatic rings. The van der Waals surface area contributed by atoms with Gasteiger partial charge in [0, 0.05) is 6.54 Å². The van der Waals surface area contributed by atoms with E-state index in [0.717, 1.165) is 5.56 Å². The lowest BCUT2D eigenvalue weighted by atomic mass is 9.80. The van der Waals surface area contributed by atoms with Gasteiger partial charge in [-0.05, 0) is 36.1 Å². The molecule has 2 bridgehead atoms. The van der Waals surface area contributed by atoms with Crippen LogP contribution in [-0.4, -0.2) is 97.8 Å². The van der Waals surface area contributed by atoms with Gasteiger partial charge in [-0.2, -0.15) is 5.06 Å².